The summed E-state index contributed by atoms with van der Waals surface area (Å²) in [6, 6.07) is 0. The van der Waals surface area contributed by atoms with Gasteiger partial charge in [-0.1, -0.05) is 0 Å². The van der Waals surface area contributed by atoms with Crippen LogP contribution in [0.3, 0.4) is 0 Å². The molecule has 3 N–H and O–H groups in total. The van der Waals surface area contributed by atoms with Gasteiger partial charge in [0.15, 0.2) is 6.29 Å². The lowest BCUT2D eigenvalue weighted by molar-refractivity contribution is -0.314. The van der Waals surface area contributed by atoms with E-state index in [-0.39, 0.29) is 0 Å². The predicted molar refractivity (Wildman–Crippen MR) is 44.0 cm³/mol. The van der Waals surface area contributed by atoms with Gasteiger partial charge in [0.2, 0.25) is 0 Å². The van der Waals surface area contributed by atoms with E-state index in [9.17, 15) is 15.3 Å². The third-order valence-electron chi connectivity index (χ3n) is 2.32. The second kappa shape index (κ2) is 3.51. The molecule has 0 aliphatic carbocycles. The molecule has 1 rings (SSSR count). The van der Waals surface area contributed by atoms with Gasteiger partial charge in [0.1, 0.15) is 18.3 Å². The molecule has 1 heterocycles. The summed E-state index contributed by atoms with van der Waals surface area (Å²) in [4.78, 5) is 0. The Hall–Kier alpha value is -0.200. The Labute approximate surface area is 76.9 Å². The summed E-state index contributed by atoms with van der Waals surface area (Å²) in [7, 11) is 1.42. The summed E-state index contributed by atoms with van der Waals surface area (Å²) in [5, 5.41) is 28.0. The lowest BCUT2D eigenvalue weighted by atomic mass is 9.90. The third kappa shape index (κ3) is 1.84. The van der Waals surface area contributed by atoms with E-state index in [4.69, 9.17) is 9.47 Å². The normalized spacial score (nSPS) is 44.8. The summed E-state index contributed by atoms with van der Waals surface area (Å²) in [6.07, 6.45) is -4.47. The molecular formula is C8H16O5. The monoisotopic (exact) mass is 192 g/mol. The summed E-state index contributed by atoms with van der Waals surface area (Å²) in [6.45, 7) is 3.36. The Morgan fingerprint density at radius 2 is 1.69 bits per heavy atom. The van der Waals surface area contributed by atoms with Crippen LogP contribution < -0.4 is 0 Å². The minimum absolute atomic E-state index is 0.647. The molecule has 0 aromatic heterocycles. The molecule has 4 atom stereocenters. The minimum Gasteiger partial charge on any atom is -0.387 e. The Morgan fingerprint density at radius 3 is 2.15 bits per heavy atom. The Morgan fingerprint density at radius 1 is 1.15 bits per heavy atom. The van der Waals surface area contributed by atoms with Crippen molar-refractivity contribution in [3.63, 3.8) is 0 Å². The number of methoxy groups -OCH3 is 1. The zero-order valence-electron chi connectivity index (χ0n) is 7.97. The first-order valence-electron chi connectivity index (χ1n) is 4.15. The first kappa shape index (κ1) is 10.9. The van der Waals surface area contributed by atoms with Crippen LogP contribution in [0.1, 0.15) is 13.8 Å². The van der Waals surface area contributed by atoms with Gasteiger partial charge in [-0.15, -0.1) is 0 Å². The summed E-state index contributed by atoms with van der Waals surface area (Å²) in [5.74, 6) is 0. The van der Waals surface area contributed by atoms with Gasteiger partial charge in [-0.2, -0.15) is 0 Å². The van der Waals surface area contributed by atoms with Crippen molar-refractivity contribution in [1.29, 1.82) is 0 Å². The van der Waals surface area contributed by atoms with E-state index in [1.807, 2.05) is 0 Å². The number of hydrogen-bond acceptors (Lipinski definition) is 5. The van der Waals surface area contributed by atoms with Crippen LogP contribution in [0.2, 0.25) is 0 Å². The van der Waals surface area contributed by atoms with Crippen molar-refractivity contribution in [3.05, 3.63) is 0 Å². The number of aliphatic hydroxyl groups excluding tert-OH is 3. The van der Waals surface area contributed by atoms with E-state index in [0.29, 0.717) is 0 Å². The molecule has 1 aliphatic rings. The Bertz CT molecular complexity index is 181. The van der Waals surface area contributed by atoms with Gasteiger partial charge in [-0.05, 0) is 13.8 Å². The average Bonchev–Trinajstić information content (AvgIpc) is 2.00. The molecule has 13 heavy (non-hydrogen) atoms. The molecular weight excluding hydrogens is 176 g/mol. The maximum Gasteiger partial charge on any atom is 0.184 e. The molecule has 0 bridgehead atoms. The smallest absolute Gasteiger partial charge is 0.184 e. The first-order chi connectivity index (χ1) is 5.90. The molecule has 0 aromatic carbocycles. The van der Waals surface area contributed by atoms with Crippen LogP contribution in [0.4, 0.5) is 0 Å². The average molecular weight is 192 g/mol. The van der Waals surface area contributed by atoms with Gasteiger partial charge in [-0.3, -0.25) is 0 Å². The van der Waals surface area contributed by atoms with Crippen LogP contribution in [0.15, 0.2) is 0 Å². The van der Waals surface area contributed by atoms with Crippen LogP contribution in [-0.2, 0) is 9.47 Å². The molecule has 5 nitrogen and oxygen atoms in total. The van der Waals surface area contributed by atoms with Crippen molar-refractivity contribution in [1.82, 2.24) is 0 Å². The van der Waals surface area contributed by atoms with E-state index in [2.05, 4.69) is 0 Å². The van der Waals surface area contributed by atoms with Crippen molar-refractivity contribution in [2.75, 3.05) is 7.11 Å². The lowest BCUT2D eigenvalue weighted by Gasteiger charge is -2.45. The Kier molecular flexibility index (Phi) is 2.94. The summed E-state index contributed by atoms with van der Waals surface area (Å²) >= 11 is 0. The van der Waals surface area contributed by atoms with Crippen LogP contribution in [0.5, 0.6) is 0 Å². The van der Waals surface area contributed by atoms with Gasteiger partial charge in [-0.25, -0.2) is 0 Å². The van der Waals surface area contributed by atoms with Crippen molar-refractivity contribution in [3.8, 4) is 0 Å². The molecule has 0 amide bonds. The van der Waals surface area contributed by atoms with Crippen molar-refractivity contribution in [2.45, 2.75) is 44.1 Å². The first-order valence-corrected chi connectivity index (χ1v) is 4.15. The van der Waals surface area contributed by atoms with Crippen molar-refractivity contribution in [2.24, 2.45) is 0 Å². The zero-order chi connectivity index (χ0) is 10.2. The fourth-order valence-electron chi connectivity index (χ4n) is 1.63. The van der Waals surface area contributed by atoms with E-state index in [1.165, 1.54) is 7.11 Å². The fraction of sp³-hybridized carbons (Fsp3) is 1.00. The summed E-state index contributed by atoms with van der Waals surface area (Å²) in [5.41, 5.74) is -0.813. The molecule has 4 unspecified atom stereocenters. The molecule has 78 valence electrons. The highest BCUT2D eigenvalue weighted by atomic mass is 16.7. The summed E-state index contributed by atoms with van der Waals surface area (Å²) < 4.78 is 10.1. The number of aliphatic hydroxyl groups is 3. The topological polar surface area (TPSA) is 79.2 Å². The van der Waals surface area contributed by atoms with Crippen molar-refractivity contribution < 1.29 is 24.8 Å². The van der Waals surface area contributed by atoms with Gasteiger partial charge >= 0.3 is 0 Å². The van der Waals surface area contributed by atoms with Crippen LogP contribution >= 0.6 is 0 Å². The molecule has 0 saturated carbocycles. The number of ether oxygens (including phenoxy) is 2. The van der Waals surface area contributed by atoms with Gasteiger partial charge < -0.3 is 24.8 Å². The third-order valence-corrected chi connectivity index (χ3v) is 2.32. The highest BCUT2D eigenvalue weighted by Crippen LogP contribution is 2.30. The molecule has 1 saturated heterocycles. The SMILES string of the molecule is COC1C(O)C(O)C(O)OC1(C)C. The predicted octanol–water partition coefficient (Wildman–Crippen LogP) is -1.15. The van der Waals surface area contributed by atoms with Gasteiger partial charge in [0.25, 0.3) is 0 Å². The quantitative estimate of drug-likeness (QED) is 0.489. The van der Waals surface area contributed by atoms with E-state index < -0.39 is 30.2 Å². The lowest BCUT2D eigenvalue weighted by Crippen LogP contribution is -2.62. The van der Waals surface area contributed by atoms with Crippen LogP contribution in [0, 0.1) is 0 Å². The van der Waals surface area contributed by atoms with Gasteiger partial charge in [0, 0.05) is 7.11 Å². The molecule has 0 aromatic rings. The van der Waals surface area contributed by atoms with Gasteiger partial charge in [0.05, 0.1) is 5.60 Å². The standard InChI is InChI=1S/C8H16O5/c1-8(2)6(12-3)4(9)5(10)7(11)13-8/h4-7,9-11H,1-3H3. The molecule has 1 fully saturated rings. The van der Waals surface area contributed by atoms with E-state index >= 15 is 0 Å². The number of hydrogen-bond donors (Lipinski definition) is 3. The molecule has 5 heteroatoms. The van der Waals surface area contributed by atoms with Crippen LogP contribution in [-0.4, -0.2) is 52.6 Å². The van der Waals surface area contributed by atoms with E-state index in [1.54, 1.807) is 13.8 Å². The fourth-order valence-corrected chi connectivity index (χ4v) is 1.63. The van der Waals surface area contributed by atoms with E-state index in [0.717, 1.165) is 0 Å². The highest BCUT2D eigenvalue weighted by Gasteiger charge is 2.48. The zero-order valence-corrected chi connectivity index (χ0v) is 7.97. The second-order valence-corrected chi connectivity index (χ2v) is 3.75. The highest BCUT2D eigenvalue weighted by molar-refractivity contribution is 4.95. The van der Waals surface area contributed by atoms with Crippen LogP contribution in [0.25, 0.3) is 0 Å². The maximum absolute atomic E-state index is 9.53. The second-order valence-electron chi connectivity index (χ2n) is 3.75. The number of rotatable bonds is 1. The molecule has 0 spiro atoms. The maximum atomic E-state index is 9.53. The minimum atomic E-state index is -1.36. The Balaban J connectivity index is 2.82. The largest absolute Gasteiger partial charge is 0.387 e. The molecule has 0 radical (unpaired) electrons. The van der Waals surface area contributed by atoms with Crippen molar-refractivity contribution >= 4 is 0 Å². The molecule has 1 aliphatic heterocycles.